The van der Waals surface area contributed by atoms with Crippen LogP contribution in [0.1, 0.15) is 57.3 Å². The normalized spacial score (nSPS) is 22.7. The first kappa shape index (κ1) is 19.5. The lowest BCUT2D eigenvalue weighted by Gasteiger charge is -2.37. The number of hydrogen-bond donors (Lipinski definition) is 0. The summed E-state index contributed by atoms with van der Waals surface area (Å²) < 4.78 is 7.54. The average Bonchev–Trinajstić information content (AvgIpc) is 2.99. The second kappa shape index (κ2) is 7.43. The molecule has 6 heteroatoms. The lowest BCUT2D eigenvalue weighted by atomic mass is 9.99. The van der Waals surface area contributed by atoms with Crippen molar-refractivity contribution in [3.63, 3.8) is 0 Å². The zero-order valence-electron chi connectivity index (χ0n) is 16.9. The van der Waals surface area contributed by atoms with Crippen molar-refractivity contribution >= 4 is 16.9 Å². The molecule has 1 fully saturated rings. The van der Waals surface area contributed by atoms with Gasteiger partial charge in [0.05, 0.1) is 12.6 Å². The monoisotopic (exact) mass is 371 g/mol. The van der Waals surface area contributed by atoms with Crippen LogP contribution in [0.15, 0.2) is 29.2 Å². The molecule has 6 nitrogen and oxygen atoms in total. The molecule has 0 aliphatic carbocycles. The van der Waals surface area contributed by atoms with E-state index in [4.69, 9.17) is 4.74 Å². The fourth-order valence-corrected chi connectivity index (χ4v) is 3.82. The molecule has 1 saturated heterocycles. The maximum atomic E-state index is 13.5. The zero-order valence-corrected chi connectivity index (χ0v) is 16.9. The van der Waals surface area contributed by atoms with E-state index in [0.717, 1.165) is 24.6 Å². The van der Waals surface area contributed by atoms with Crippen molar-refractivity contribution in [1.29, 1.82) is 0 Å². The van der Waals surface area contributed by atoms with Crippen molar-refractivity contribution in [2.24, 2.45) is 13.0 Å². The minimum Gasteiger partial charge on any atom is -0.354 e. The first-order valence-electron chi connectivity index (χ1n) is 9.71. The van der Waals surface area contributed by atoms with Crippen molar-refractivity contribution in [3.05, 3.63) is 40.3 Å². The number of hydrogen-bond acceptors (Lipinski definition) is 4. The van der Waals surface area contributed by atoms with Crippen LogP contribution in [0.2, 0.25) is 0 Å². The predicted molar refractivity (Wildman–Crippen MR) is 106 cm³/mol. The fraction of sp³-hybridized carbons (Fsp3) is 0.571. The number of carbonyl (C=O) groups is 1. The van der Waals surface area contributed by atoms with Crippen molar-refractivity contribution in [3.8, 4) is 0 Å². The van der Waals surface area contributed by atoms with Gasteiger partial charge in [0.1, 0.15) is 16.9 Å². The highest BCUT2D eigenvalue weighted by molar-refractivity contribution is 5.97. The number of pyridine rings is 2. The average molecular weight is 371 g/mol. The van der Waals surface area contributed by atoms with Gasteiger partial charge in [-0.1, -0.05) is 20.8 Å². The first-order chi connectivity index (χ1) is 12.8. The molecular weight excluding hydrogens is 342 g/mol. The van der Waals surface area contributed by atoms with Gasteiger partial charge in [-0.2, -0.15) is 0 Å². The lowest BCUT2D eigenvalue weighted by molar-refractivity contribution is -0.0641. The van der Waals surface area contributed by atoms with E-state index < -0.39 is 5.72 Å². The van der Waals surface area contributed by atoms with E-state index in [1.807, 2.05) is 26.0 Å². The van der Waals surface area contributed by atoms with Gasteiger partial charge in [-0.05, 0) is 50.3 Å². The molecular formula is C21H29N3O3. The van der Waals surface area contributed by atoms with E-state index in [9.17, 15) is 9.59 Å². The van der Waals surface area contributed by atoms with Gasteiger partial charge in [-0.15, -0.1) is 0 Å². The highest BCUT2D eigenvalue weighted by Crippen LogP contribution is 2.35. The Balaban J connectivity index is 2.05. The third-order valence-corrected chi connectivity index (χ3v) is 5.54. The van der Waals surface area contributed by atoms with Crippen LogP contribution in [0, 0.1) is 5.92 Å². The van der Waals surface area contributed by atoms with Gasteiger partial charge in [0.15, 0.2) is 0 Å². The van der Waals surface area contributed by atoms with Crippen LogP contribution in [0.5, 0.6) is 0 Å². The maximum absolute atomic E-state index is 13.5. The topological polar surface area (TPSA) is 64.4 Å². The molecule has 2 aromatic heterocycles. The Hall–Kier alpha value is -2.21. The summed E-state index contributed by atoms with van der Waals surface area (Å²) in [5.74, 6) is 0.264. The molecule has 3 heterocycles. The maximum Gasteiger partial charge on any atom is 0.264 e. The molecule has 1 aliphatic rings. The van der Waals surface area contributed by atoms with Crippen LogP contribution >= 0.6 is 0 Å². The largest absolute Gasteiger partial charge is 0.354 e. The molecule has 1 amide bonds. The minimum atomic E-state index is -0.684. The fourth-order valence-electron chi connectivity index (χ4n) is 3.82. The summed E-state index contributed by atoms with van der Waals surface area (Å²) in [6.07, 6.45) is 4.14. The van der Waals surface area contributed by atoms with E-state index >= 15 is 0 Å². The molecule has 2 aromatic rings. The highest BCUT2D eigenvalue weighted by Gasteiger charge is 2.46. The Labute approximate surface area is 160 Å². The number of amides is 1. The molecule has 2 atom stereocenters. The molecule has 0 aromatic carbocycles. The van der Waals surface area contributed by atoms with Crippen LogP contribution in [0.25, 0.3) is 11.0 Å². The molecule has 0 radical (unpaired) electrons. The summed E-state index contributed by atoms with van der Waals surface area (Å²) in [6, 6.07) is 5.32. The Bertz CT molecular complexity index is 905. The molecule has 27 heavy (non-hydrogen) atoms. The Kier molecular flexibility index (Phi) is 5.38. The van der Waals surface area contributed by atoms with Crippen molar-refractivity contribution in [1.82, 2.24) is 14.5 Å². The number of aromatic nitrogens is 2. The van der Waals surface area contributed by atoms with E-state index in [1.165, 1.54) is 4.57 Å². The summed E-state index contributed by atoms with van der Waals surface area (Å²) >= 11 is 0. The van der Waals surface area contributed by atoms with Crippen LogP contribution in [0.4, 0.5) is 0 Å². The van der Waals surface area contributed by atoms with Gasteiger partial charge in [0.2, 0.25) is 0 Å². The summed E-state index contributed by atoms with van der Waals surface area (Å²) in [7, 11) is 1.66. The molecule has 0 spiro atoms. The van der Waals surface area contributed by atoms with E-state index in [2.05, 4.69) is 18.8 Å². The smallest absolute Gasteiger partial charge is 0.264 e. The van der Waals surface area contributed by atoms with Gasteiger partial charge in [0.25, 0.3) is 11.5 Å². The molecule has 2 unspecified atom stereocenters. The molecule has 3 rings (SSSR count). The van der Waals surface area contributed by atoms with Crippen molar-refractivity contribution in [2.75, 3.05) is 6.61 Å². The molecule has 1 aliphatic heterocycles. The Morgan fingerprint density at radius 1 is 1.44 bits per heavy atom. The summed E-state index contributed by atoms with van der Waals surface area (Å²) in [5, 5.41) is 0.778. The van der Waals surface area contributed by atoms with Gasteiger partial charge >= 0.3 is 0 Å². The van der Waals surface area contributed by atoms with E-state index in [0.29, 0.717) is 18.2 Å². The Morgan fingerprint density at radius 2 is 2.19 bits per heavy atom. The molecule has 0 bridgehead atoms. The minimum absolute atomic E-state index is 0.0241. The van der Waals surface area contributed by atoms with Crippen molar-refractivity contribution in [2.45, 2.75) is 58.7 Å². The number of ether oxygens (including phenoxy) is 1. The zero-order chi connectivity index (χ0) is 19.8. The lowest BCUT2D eigenvalue weighted by Crippen LogP contribution is -2.51. The summed E-state index contributed by atoms with van der Waals surface area (Å²) in [5.41, 5.74) is -0.250. The van der Waals surface area contributed by atoms with Gasteiger partial charge < -0.3 is 9.64 Å². The van der Waals surface area contributed by atoms with Crippen LogP contribution in [-0.4, -0.2) is 38.7 Å². The van der Waals surface area contributed by atoms with E-state index in [1.54, 1.807) is 24.2 Å². The van der Waals surface area contributed by atoms with Gasteiger partial charge in [0, 0.05) is 18.6 Å². The molecule has 0 saturated carbocycles. The SMILES string of the molecule is CCC1COC(C)(CCC(C)C)N1C(=O)c1cc2cccnc2n(C)c1=O. The molecule has 0 N–H and O–H groups in total. The van der Waals surface area contributed by atoms with Crippen LogP contribution < -0.4 is 5.56 Å². The Morgan fingerprint density at radius 3 is 2.85 bits per heavy atom. The second-order valence-electron chi connectivity index (χ2n) is 7.99. The number of aryl methyl sites for hydroxylation is 1. The standard InChI is InChI=1S/C21H29N3O3/c1-6-16-13-27-21(4,10-9-14(2)3)24(16)20(26)17-12-15-8-7-11-22-18(15)23(5)19(17)25/h7-8,11-12,14,16H,6,9-10,13H2,1-5H3. The summed E-state index contributed by atoms with van der Waals surface area (Å²) in [4.78, 5) is 32.5. The third-order valence-electron chi connectivity index (χ3n) is 5.54. The number of nitrogens with zero attached hydrogens (tertiary/aromatic N) is 3. The first-order valence-corrected chi connectivity index (χ1v) is 9.71. The highest BCUT2D eigenvalue weighted by atomic mass is 16.5. The van der Waals surface area contributed by atoms with Gasteiger partial charge in [-0.3, -0.25) is 14.2 Å². The number of carbonyl (C=O) groups excluding carboxylic acids is 1. The quantitative estimate of drug-likeness (QED) is 0.809. The molecule has 146 valence electrons. The van der Waals surface area contributed by atoms with Gasteiger partial charge in [-0.25, -0.2) is 4.98 Å². The van der Waals surface area contributed by atoms with E-state index in [-0.39, 0.29) is 23.1 Å². The third kappa shape index (κ3) is 3.50. The van der Waals surface area contributed by atoms with Crippen molar-refractivity contribution < 1.29 is 9.53 Å². The number of fused-ring (bicyclic) bond motifs is 1. The number of rotatable bonds is 5. The summed E-state index contributed by atoms with van der Waals surface area (Å²) in [6.45, 7) is 8.84. The predicted octanol–water partition coefficient (Wildman–Crippen LogP) is 3.34. The van der Waals surface area contributed by atoms with Crippen LogP contribution in [0.3, 0.4) is 0 Å². The van der Waals surface area contributed by atoms with Crippen LogP contribution in [-0.2, 0) is 11.8 Å². The second-order valence-corrected chi connectivity index (χ2v) is 7.99.